The average molecular weight is 291 g/mol. The van der Waals surface area contributed by atoms with E-state index in [9.17, 15) is 13.2 Å². The van der Waals surface area contributed by atoms with Crippen molar-refractivity contribution in [3.05, 3.63) is 65.2 Å². The number of ether oxygens (including phenoxy) is 1. The first kappa shape index (κ1) is 14.9. The van der Waals surface area contributed by atoms with Crippen LogP contribution < -0.4 is 4.74 Å². The van der Waals surface area contributed by atoms with Gasteiger partial charge in [-0.15, -0.1) is 0 Å². The van der Waals surface area contributed by atoms with Crippen molar-refractivity contribution in [3.8, 4) is 11.8 Å². The molecule has 0 aromatic heterocycles. The zero-order valence-corrected chi connectivity index (χ0v) is 11.0. The number of nitriles is 1. The minimum atomic E-state index is -4.39. The maximum Gasteiger partial charge on any atom is 0.416 e. The second-order valence-corrected chi connectivity index (χ2v) is 4.42. The Kier molecular flexibility index (Phi) is 4.49. The quantitative estimate of drug-likeness (QED) is 0.839. The highest BCUT2D eigenvalue weighted by Crippen LogP contribution is 2.31. The Balaban J connectivity index is 2.12. The highest BCUT2D eigenvalue weighted by molar-refractivity contribution is 5.32. The first-order chi connectivity index (χ1) is 10.0. The van der Waals surface area contributed by atoms with Crippen LogP contribution in [0.25, 0.3) is 0 Å². The van der Waals surface area contributed by atoms with Crippen molar-refractivity contribution in [2.75, 3.05) is 0 Å². The van der Waals surface area contributed by atoms with E-state index >= 15 is 0 Å². The molecule has 0 aliphatic carbocycles. The van der Waals surface area contributed by atoms with Crippen molar-refractivity contribution in [3.63, 3.8) is 0 Å². The summed E-state index contributed by atoms with van der Waals surface area (Å²) in [6.07, 6.45) is -4.15. The Hall–Kier alpha value is -2.48. The van der Waals surface area contributed by atoms with E-state index in [1.165, 1.54) is 12.1 Å². The molecule has 0 unspecified atom stereocenters. The summed E-state index contributed by atoms with van der Waals surface area (Å²) in [7, 11) is 0. The first-order valence-corrected chi connectivity index (χ1v) is 6.24. The van der Waals surface area contributed by atoms with E-state index in [1.807, 2.05) is 6.07 Å². The summed E-state index contributed by atoms with van der Waals surface area (Å²) in [6, 6.07) is 14.0. The molecule has 21 heavy (non-hydrogen) atoms. The Morgan fingerprint density at radius 3 is 2.38 bits per heavy atom. The molecule has 0 radical (unpaired) electrons. The number of alkyl halides is 3. The molecule has 0 spiro atoms. The molecule has 2 nitrogen and oxygen atoms in total. The fraction of sp³-hybridized carbons (Fsp3) is 0.188. The highest BCUT2D eigenvalue weighted by atomic mass is 19.4. The summed E-state index contributed by atoms with van der Waals surface area (Å²) < 4.78 is 43.2. The zero-order chi connectivity index (χ0) is 15.3. The molecule has 0 bridgehead atoms. The van der Waals surface area contributed by atoms with Gasteiger partial charge in [0.05, 0.1) is 18.1 Å². The van der Waals surface area contributed by atoms with E-state index in [4.69, 9.17) is 10.00 Å². The molecule has 108 valence electrons. The summed E-state index contributed by atoms with van der Waals surface area (Å²) in [5.41, 5.74) is 0.855. The van der Waals surface area contributed by atoms with Gasteiger partial charge in [-0.25, -0.2) is 0 Å². The molecular weight excluding hydrogens is 279 g/mol. The highest BCUT2D eigenvalue weighted by Gasteiger charge is 2.30. The molecule has 0 aliphatic heterocycles. The summed E-state index contributed by atoms with van der Waals surface area (Å²) in [5.74, 6) is 0.150. The third kappa shape index (κ3) is 3.99. The van der Waals surface area contributed by atoms with Crippen LogP contribution in [0.4, 0.5) is 13.2 Å². The number of benzene rings is 2. The maximum atomic E-state index is 12.6. The van der Waals surface area contributed by atoms with Crippen LogP contribution in [0.15, 0.2) is 48.5 Å². The molecule has 0 heterocycles. The van der Waals surface area contributed by atoms with Crippen molar-refractivity contribution in [1.29, 1.82) is 5.26 Å². The van der Waals surface area contributed by atoms with Crippen molar-refractivity contribution in [2.45, 2.75) is 19.2 Å². The molecule has 0 aliphatic rings. The van der Waals surface area contributed by atoms with Crippen LogP contribution in [0.5, 0.6) is 5.75 Å². The Bertz CT molecular complexity index is 659. The molecule has 2 aromatic carbocycles. The standard InChI is InChI=1S/C16H12F3NO/c17-16(18,19)14-6-3-7-15(10-14)21-11-13-5-2-1-4-12(13)8-9-20/h1-7,10H,8,11H2. The lowest BCUT2D eigenvalue weighted by atomic mass is 10.1. The van der Waals surface area contributed by atoms with Crippen LogP contribution in [-0.2, 0) is 19.2 Å². The van der Waals surface area contributed by atoms with Crippen LogP contribution in [0.3, 0.4) is 0 Å². The Labute approximate surface area is 120 Å². The van der Waals surface area contributed by atoms with Crippen molar-refractivity contribution >= 4 is 0 Å². The van der Waals surface area contributed by atoms with E-state index in [1.54, 1.807) is 24.3 Å². The van der Waals surface area contributed by atoms with Gasteiger partial charge in [0.15, 0.2) is 0 Å². The molecule has 0 N–H and O–H groups in total. The molecular formula is C16H12F3NO. The molecule has 0 saturated heterocycles. The van der Waals surface area contributed by atoms with Gasteiger partial charge >= 0.3 is 6.18 Å². The largest absolute Gasteiger partial charge is 0.489 e. The minimum absolute atomic E-state index is 0.124. The van der Waals surface area contributed by atoms with Crippen LogP contribution in [-0.4, -0.2) is 0 Å². The predicted octanol–water partition coefficient (Wildman–Crippen LogP) is 4.35. The lowest BCUT2D eigenvalue weighted by Crippen LogP contribution is -2.05. The smallest absolute Gasteiger partial charge is 0.416 e. The van der Waals surface area contributed by atoms with Gasteiger partial charge in [0.1, 0.15) is 12.4 Å². The summed E-state index contributed by atoms with van der Waals surface area (Å²) in [5, 5.41) is 8.74. The third-order valence-electron chi connectivity index (χ3n) is 2.94. The minimum Gasteiger partial charge on any atom is -0.489 e. The molecule has 2 rings (SSSR count). The number of rotatable bonds is 4. The van der Waals surface area contributed by atoms with E-state index in [0.29, 0.717) is 0 Å². The summed E-state index contributed by atoms with van der Waals surface area (Å²) in [6.45, 7) is 0.124. The topological polar surface area (TPSA) is 33.0 Å². The molecule has 5 heteroatoms. The lowest BCUT2D eigenvalue weighted by molar-refractivity contribution is -0.137. The molecule has 2 aromatic rings. The number of hydrogen-bond donors (Lipinski definition) is 0. The molecule has 0 saturated carbocycles. The molecule has 0 atom stereocenters. The molecule has 0 fully saturated rings. The van der Waals surface area contributed by atoms with E-state index in [0.717, 1.165) is 23.3 Å². The van der Waals surface area contributed by atoms with Crippen LogP contribution >= 0.6 is 0 Å². The van der Waals surface area contributed by atoms with Gasteiger partial charge in [-0.1, -0.05) is 30.3 Å². The van der Waals surface area contributed by atoms with Gasteiger partial charge < -0.3 is 4.74 Å². The SMILES string of the molecule is N#CCc1ccccc1COc1cccc(C(F)(F)F)c1. The Morgan fingerprint density at radius 1 is 1.00 bits per heavy atom. The maximum absolute atomic E-state index is 12.6. The van der Waals surface area contributed by atoms with Gasteiger partial charge in [0.2, 0.25) is 0 Å². The van der Waals surface area contributed by atoms with Gasteiger partial charge in [-0.05, 0) is 29.3 Å². The summed E-state index contributed by atoms with van der Waals surface area (Å²) >= 11 is 0. The first-order valence-electron chi connectivity index (χ1n) is 6.24. The van der Waals surface area contributed by atoms with Gasteiger partial charge in [0.25, 0.3) is 0 Å². The fourth-order valence-corrected chi connectivity index (χ4v) is 1.88. The number of halogens is 3. The van der Waals surface area contributed by atoms with Crippen LogP contribution in [0, 0.1) is 11.3 Å². The fourth-order valence-electron chi connectivity index (χ4n) is 1.88. The number of nitrogens with zero attached hydrogens (tertiary/aromatic N) is 1. The van der Waals surface area contributed by atoms with Gasteiger partial charge in [-0.3, -0.25) is 0 Å². The number of hydrogen-bond acceptors (Lipinski definition) is 2. The van der Waals surface area contributed by atoms with Crippen LogP contribution in [0.1, 0.15) is 16.7 Å². The zero-order valence-electron chi connectivity index (χ0n) is 11.0. The van der Waals surface area contributed by atoms with Crippen molar-refractivity contribution < 1.29 is 17.9 Å². The van der Waals surface area contributed by atoms with Gasteiger partial charge in [-0.2, -0.15) is 18.4 Å². The summed E-state index contributed by atoms with van der Waals surface area (Å²) in [4.78, 5) is 0. The van der Waals surface area contributed by atoms with Crippen molar-refractivity contribution in [2.24, 2.45) is 0 Å². The van der Waals surface area contributed by atoms with Gasteiger partial charge in [0, 0.05) is 0 Å². The van der Waals surface area contributed by atoms with E-state index in [-0.39, 0.29) is 18.8 Å². The monoisotopic (exact) mass is 291 g/mol. The van der Waals surface area contributed by atoms with E-state index < -0.39 is 11.7 Å². The second-order valence-electron chi connectivity index (χ2n) is 4.42. The van der Waals surface area contributed by atoms with Crippen LogP contribution in [0.2, 0.25) is 0 Å². The second kappa shape index (κ2) is 6.31. The normalized spacial score (nSPS) is 11.0. The average Bonchev–Trinajstić information content (AvgIpc) is 2.46. The third-order valence-corrected chi connectivity index (χ3v) is 2.94. The lowest BCUT2D eigenvalue weighted by Gasteiger charge is -2.11. The van der Waals surface area contributed by atoms with E-state index in [2.05, 4.69) is 0 Å². The Morgan fingerprint density at radius 2 is 1.71 bits per heavy atom. The predicted molar refractivity (Wildman–Crippen MR) is 71.5 cm³/mol. The van der Waals surface area contributed by atoms with Crippen molar-refractivity contribution in [1.82, 2.24) is 0 Å². The molecule has 0 amide bonds.